The molecule has 21 heavy (non-hydrogen) atoms. The zero-order valence-corrected chi connectivity index (χ0v) is 13.5. The third-order valence-corrected chi connectivity index (χ3v) is 6.25. The second-order valence-electron chi connectivity index (χ2n) is 4.38. The molecule has 0 radical (unpaired) electrons. The molecule has 0 aliphatic rings. The van der Waals surface area contributed by atoms with Crippen LogP contribution in [-0.2, 0) is 14.8 Å². The van der Waals surface area contributed by atoms with E-state index < -0.39 is 14.9 Å². The number of rotatable bonds is 8. The average molecular weight is 338 g/mol. The highest BCUT2D eigenvalue weighted by Crippen LogP contribution is 2.37. The molecule has 0 amide bonds. The highest BCUT2D eigenvalue weighted by atomic mass is 32.2. The topological polar surface area (TPSA) is 128 Å². The Morgan fingerprint density at radius 1 is 1.57 bits per heavy atom. The number of sulfonamides is 1. The number of hydrogen-bond donors (Lipinski definition) is 2. The van der Waals surface area contributed by atoms with Crippen LogP contribution in [0.2, 0.25) is 0 Å². The van der Waals surface area contributed by atoms with Gasteiger partial charge in [0.2, 0.25) is 0 Å². The zero-order valence-electron chi connectivity index (χ0n) is 11.9. The van der Waals surface area contributed by atoms with Gasteiger partial charge in [-0.3, -0.25) is 10.1 Å². The van der Waals surface area contributed by atoms with Gasteiger partial charge in [-0.1, -0.05) is 11.3 Å². The van der Waals surface area contributed by atoms with Crippen molar-refractivity contribution in [2.45, 2.75) is 24.1 Å². The molecule has 0 saturated heterocycles. The van der Waals surface area contributed by atoms with Gasteiger partial charge in [0.05, 0.1) is 11.5 Å². The second-order valence-corrected chi connectivity index (χ2v) is 7.55. The molecule has 0 spiro atoms. The van der Waals surface area contributed by atoms with Crippen LogP contribution in [0.5, 0.6) is 0 Å². The molecule has 9 nitrogen and oxygen atoms in total. The summed E-state index contributed by atoms with van der Waals surface area (Å²) in [6.07, 6.45) is 0. The first kappa shape index (κ1) is 17.8. The number of nitrogens with zero attached hydrogens (tertiary/aromatic N) is 2. The maximum Gasteiger partial charge on any atom is 0.306 e. The van der Waals surface area contributed by atoms with Crippen LogP contribution in [-0.4, -0.2) is 43.9 Å². The van der Waals surface area contributed by atoms with Crippen LogP contribution in [0.3, 0.4) is 0 Å². The molecule has 0 atom stereocenters. The van der Waals surface area contributed by atoms with Crippen molar-refractivity contribution in [2.24, 2.45) is 5.84 Å². The van der Waals surface area contributed by atoms with Crippen molar-refractivity contribution in [3.63, 3.8) is 0 Å². The quantitative estimate of drug-likeness (QED) is 0.411. The Kier molecular flexibility index (Phi) is 6.04. The molecule has 0 fully saturated rings. The third kappa shape index (κ3) is 3.89. The molecule has 0 saturated carbocycles. The molecule has 1 aromatic heterocycles. The number of hydrogen-bond acceptors (Lipinski definition) is 8. The lowest BCUT2D eigenvalue weighted by molar-refractivity contribution is -0.383. The molecular formula is C10H18N4O5S2. The number of ether oxygens (including phenoxy) is 1. The normalized spacial score (nSPS) is 12.1. The number of nitrogens with one attached hydrogen (secondary N) is 1. The van der Waals surface area contributed by atoms with Gasteiger partial charge in [0.1, 0.15) is 4.21 Å². The highest BCUT2D eigenvalue weighted by Gasteiger charge is 2.32. The van der Waals surface area contributed by atoms with Gasteiger partial charge in [0, 0.05) is 25.8 Å². The van der Waals surface area contributed by atoms with Crippen molar-refractivity contribution in [2.75, 3.05) is 25.7 Å². The van der Waals surface area contributed by atoms with Crippen LogP contribution in [0.1, 0.15) is 13.8 Å². The van der Waals surface area contributed by atoms with E-state index in [-0.39, 0.29) is 34.1 Å². The first-order valence-corrected chi connectivity index (χ1v) is 8.27. The predicted octanol–water partition coefficient (Wildman–Crippen LogP) is 0.987. The van der Waals surface area contributed by atoms with Gasteiger partial charge in [-0.25, -0.2) is 14.3 Å². The van der Waals surface area contributed by atoms with Gasteiger partial charge in [0.15, 0.2) is 5.00 Å². The zero-order chi connectivity index (χ0) is 16.2. The minimum absolute atomic E-state index is 0.00553. The van der Waals surface area contributed by atoms with Gasteiger partial charge in [0.25, 0.3) is 10.0 Å². The van der Waals surface area contributed by atoms with Gasteiger partial charge in [-0.2, -0.15) is 4.31 Å². The van der Waals surface area contributed by atoms with Crippen LogP contribution in [0, 0.1) is 10.1 Å². The van der Waals surface area contributed by atoms with Crippen LogP contribution in [0.25, 0.3) is 0 Å². The van der Waals surface area contributed by atoms with E-state index in [4.69, 9.17) is 10.6 Å². The number of nitrogen functional groups attached to an aromatic ring is 1. The monoisotopic (exact) mass is 338 g/mol. The lowest BCUT2D eigenvalue weighted by Gasteiger charge is -2.24. The maximum absolute atomic E-state index is 12.6. The Morgan fingerprint density at radius 3 is 2.57 bits per heavy atom. The van der Waals surface area contributed by atoms with E-state index in [1.54, 1.807) is 13.8 Å². The molecule has 0 bridgehead atoms. The summed E-state index contributed by atoms with van der Waals surface area (Å²) in [5.74, 6) is 5.19. The van der Waals surface area contributed by atoms with E-state index in [9.17, 15) is 18.5 Å². The Bertz CT molecular complexity index is 599. The fourth-order valence-corrected chi connectivity index (χ4v) is 4.67. The third-order valence-electron chi connectivity index (χ3n) is 2.67. The number of nitro groups is 1. The molecule has 0 aromatic carbocycles. The van der Waals surface area contributed by atoms with Crippen molar-refractivity contribution in [3.05, 3.63) is 16.2 Å². The second kappa shape index (κ2) is 7.13. The Hall–Kier alpha value is -1.27. The molecule has 0 aliphatic heterocycles. The van der Waals surface area contributed by atoms with Gasteiger partial charge < -0.3 is 10.2 Å². The Labute approximate surface area is 126 Å². The first-order valence-electron chi connectivity index (χ1n) is 6.01. The molecule has 11 heteroatoms. The van der Waals surface area contributed by atoms with Gasteiger partial charge in [-0.05, 0) is 13.8 Å². The summed E-state index contributed by atoms with van der Waals surface area (Å²) in [4.78, 5) is 10.2. The van der Waals surface area contributed by atoms with Crippen LogP contribution < -0.4 is 11.3 Å². The maximum atomic E-state index is 12.6. The smallest absolute Gasteiger partial charge is 0.306 e. The number of nitrogens with two attached hydrogens (primary N) is 1. The fourth-order valence-electron chi connectivity index (χ4n) is 1.68. The number of anilines is 1. The molecule has 1 rings (SSSR count). The summed E-state index contributed by atoms with van der Waals surface area (Å²) in [5.41, 5.74) is 1.79. The molecule has 1 aromatic rings. The summed E-state index contributed by atoms with van der Waals surface area (Å²) in [7, 11) is -2.38. The van der Waals surface area contributed by atoms with E-state index in [2.05, 4.69) is 5.43 Å². The Morgan fingerprint density at radius 2 is 2.19 bits per heavy atom. The molecule has 3 N–H and O–H groups in total. The van der Waals surface area contributed by atoms with E-state index in [0.29, 0.717) is 0 Å². The summed E-state index contributed by atoms with van der Waals surface area (Å²) >= 11 is 0.726. The summed E-state index contributed by atoms with van der Waals surface area (Å²) in [6.45, 7) is 3.83. The fraction of sp³-hybridized carbons (Fsp3) is 0.600. The highest BCUT2D eigenvalue weighted by molar-refractivity contribution is 7.91. The summed E-state index contributed by atoms with van der Waals surface area (Å²) in [5, 5.41) is 10.9. The van der Waals surface area contributed by atoms with E-state index in [1.807, 2.05) is 0 Å². The minimum atomic E-state index is -3.85. The molecule has 120 valence electrons. The number of thiophene rings is 1. The molecule has 0 aliphatic carbocycles. The summed E-state index contributed by atoms with van der Waals surface area (Å²) in [6, 6.07) is 0.706. The average Bonchev–Trinajstić information content (AvgIpc) is 2.83. The summed E-state index contributed by atoms with van der Waals surface area (Å²) < 4.78 is 31.1. The lowest BCUT2D eigenvalue weighted by Crippen LogP contribution is -2.38. The molecule has 0 unspecified atom stereocenters. The van der Waals surface area contributed by atoms with Crippen molar-refractivity contribution in [1.29, 1.82) is 0 Å². The standard InChI is InChI=1S/C10H18N4O5S2/c1-7(2)13(4-5-19-3)21(17,18)9-6-8(14(15)16)10(12-11)20-9/h6-7,12H,4-5,11H2,1-3H3. The van der Waals surface area contributed by atoms with E-state index in [0.717, 1.165) is 17.4 Å². The van der Waals surface area contributed by atoms with Crippen molar-refractivity contribution < 1.29 is 18.1 Å². The molecular weight excluding hydrogens is 320 g/mol. The molecule has 1 heterocycles. The van der Waals surface area contributed by atoms with Gasteiger partial charge in [-0.15, -0.1) is 0 Å². The van der Waals surface area contributed by atoms with Crippen molar-refractivity contribution in [1.82, 2.24) is 4.31 Å². The van der Waals surface area contributed by atoms with E-state index in [1.165, 1.54) is 11.4 Å². The van der Waals surface area contributed by atoms with Crippen LogP contribution in [0.15, 0.2) is 10.3 Å². The number of hydrazine groups is 1. The lowest BCUT2D eigenvalue weighted by atomic mass is 10.4. The van der Waals surface area contributed by atoms with Crippen LogP contribution >= 0.6 is 11.3 Å². The first-order chi connectivity index (χ1) is 9.75. The predicted molar refractivity (Wildman–Crippen MR) is 79.7 cm³/mol. The Balaban J connectivity index is 3.25. The largest absolute Gasteiger partial charge is 0.383 e. The van der Waals surface area contributed by atoms with E-state index >= 15 is 0 Å². The number of methoxy groups -OCH3 is 1. The SMILES string of the molecule is COCCN(C(C)C)S(=O)(=O)c1cc([N+](=O)[O-])c(NN)s1. The minimum Gasteiger partial charge on any atom is -0.383 e. The van der Waals surface area contributed by atoms with Crippen molar-refractivity contribution in [3.8, 4) is 0 Å². The van der Waals surface area contributed by atoms with Crippen LogP contribution in [0.4, 0.5) is 10.7 Å². The van der Waals surface area contributed by atoms with Crippen molar-refractivity contribution >= 4 is 32.0 Å². The van der Waals surface area contributed by atoms with Gasteiger partial charge >= 0.3 is 5.69 Å².